The Morgan fingerprint density at radius 1 is 1.07 bits per heavy atom. The molecular weight excluding hydrogens is 371 g/mol. The molecule has 2 atom stereocenters. The normalized spacial score (nSPS) is 19.7. The van der Waals surface area contributed by atoms with Crippen LogP contribution in [0, 0.1) is 0 Å². The number of halogens is 3. The van der Waals surface area contributed by atoms with Crippen molar-refractivity contribution >= 4 is 11.7 Å². The molecule has 0 radical (unpaired) electrons. The van der Waals surface area contributed by atoms with E-state index in [1.165, 1.54) is 7.11 Å². The molecule has 0 bridgehead atoms. The molecular formula is C21H22F3NO3. The number of hydrogen-bond acceptors (Lipinski definition) is 4. The van der Waals surface area contributed by atoms with Crippen molar-refractivity contribution in [2.75, 3.05) is 32.3 Å². The summed E-state index contributed by atoms with van der Waals surface area (Å²) in [7, 11) is 2.96. The molecule has 2 aromatic rings. The van der Waals surface area contributed by atoms with Gasteiger partial charge in [-0.2, -0.15) is 13.2 Å². The second-order valence-corrected chi connectivity index (χ2v) is 6.85. The summed E-state index contributed by atoms with van der Waals surface area (Å²) in [6.45, 7) is 1.17. The van der Waals surface area contributed by atoms with Crippen LogP contribution in [0.15, 0.2) is 48.5 Å². The molecule has 4 nitrogen and oxygen atoms in total. The lowest BCUT2D eigenvalue weighted by atomic mass is 9.95. The standard InChI is InChI=1S/C21H22F3NO3/c1-27-13-19-11-16(14-3-7-17(8-4-14)21(22,23)24)12-25(19)18-9-5-15(6-10-18)20(26)28-2/h3-10,16,19H,11-13H2,1-2H3/t16?,19-/m0/s1. The first kappa shape index (κ1) is 20.2. The summed E-state index contributed by atoms with van der Waals surface area (Å²) in [6, 6.07) is 12.6. The number of carbonyl (C=O) groups excluding carboxylic acids is 1. The van der Waals surface area contributed by atoms with Crippen LogP contribution in [0.3, 0.4) is 0 Å². The van der Waals surface area contributed by atoms with Gasteiger partial charge in [-0.05, 0) is 48.4 Å². The molecule has 0 spiro atoms. The quantitative estimate of drug-likeness (QED) is 0.701. The molecule has 0 saturated carbocycles. The Bertz CT molecular complexity index is 803. The van der Waals surface area contributed by atoms with Crippen molar-refractivity contribution in [3.05, 3.63) is 65.2 Å². The van der Waals surface area contributed by atoms with Crippen molar-refractivity contribution < 1.29 is 27.4 Å². The van der Waals surface area contributed by atoms with Crippen molar-refractivity contribution in [1.82, 2.24) is 0 Å². The van der Waals surface area contributed by atoms with E-state index in [0.717, 1.165) is 29.8 Å². The molecule has 3 rings (SSSR count). The SMILES string of the molecule is COC[C@@H]1CC(c2ccc(C(F)(F)F)cc2)CN1c1ccc(C(=O)OC)cc1. The Morgan fingerprint density at radius 3 is 2.25 bits per heavy atom. The third-order valence-electron chi connectivity index (χ3n) is 5.10. The van der Waals surface area contributed by atoms with Crippen LogP contribution in [0.1, 0.15) is 33.8 Å². The first-order chi connectivity index (χ1) is 13.3. The van der Waals surface area contributed by atoms with Gasteiger partial charge in [0, 0.05) is 25.3 Å². The average Bonchev–Trinajstić information content (AvgIpc) is 3.11. The lowest BCUT2D eigenvalue weighted by molar-refractivity contribution is -0.137. The second-order valence-electron chi connectivity index (χ2n) is 6.85. The van der Waals surface area contributed by atoms with Crippen LogP contribution in [0.4, 0.5) is 18.9 Å². The third kappa shape index (κ3) is 4.30. The zero-order chi connectivity index (χ0) is 20.3. The van der Waals surface area contributed by atoms with Crippen LogP contribution in [0.2, 0.25) is 0 Å². The fourth-order valence-corrected chi connectivity index (χ4v) is 3.68. The number of carbonyl (C=O) groups is 1. The largest absolute Gasteiger partial charge is 0.465 e. The van der Waals surface area contributed by atoms with Crippen LogP contribution < -0.4 is 4.90 Å². The minimum atomic E-state index is -4.33. The topological polar surface area (TPSA) is 38.8 Å². The third-order valence-corrected chi connectivity index (χ3v) is 5.10. The van der Waals surface area contributed by atoms with Crippen molar-refractivity contribution in [1.29, 1.82) is 0 Å². The highest BCUT2D eigenvalue weighted by Gasteiger charge is 2.34. The summed E-state index contributed by atoms with van der Waals surface area (Å²) in [5, 5.41) is 0. The highest BCUT2D eigenvalue weighted by Crippen LogP contribution is 2.37. The van der Waals surface area contributed by atoms with Gasteiger partial charge in [-0.15, -0.1) is 0 Å². The number of anilines is 1. The van der Waals surface area contributed by atoms with Gasteiger partial charge in [0.25, 0.3) is 0 Å². The predicted octanol–water partition coefficient (Wildman–Crippen LogP) is 4.50. The molecule has 1 aliphatic heterocycles. The Kier molecular flexibility index (Phi) is 5.93. The van der Waals surface area contributed by atoms with E-state index in [9.17, 15) is 18.0 Å². The van der Waals surface area contributed by atoms with E-state index in [0.29, 0.717) is 18.7 Å². The smallest absolute Gasteiger partial charge is 0.416 e. The van der Waals surface area contributed by atoms with Gasteiger partial charge in [0.1, 0.15) is 0 Å². The molecule has 1 saturated heterocycles. The van der Waals surface area contributed by atoms with E-state index in [2.05, 4.69) is 4.90 Å². The Morgan fingerprint density at radius 2 is 1.71 bits per heavy atom. The highest BCUT2D eigenvalue weighted by atomic mass is 19.4. The molecule has 0 aromatic heterocycles. The number of nitrogens with zero attached hydrogens (tertiary/aromatic N) is 1. The summed E-state index contributed by atoms with van der Waals surface area (Å²) >= 11 is 0. The number of methoxy groups -OCH3 is 2. The van der Waals surface area contributed by atoms with E-state index in [1.54, 1.807) is 31.4 Å². The van der Waals surface area contributed by atoms with Crippen LogP contribution in [-0.2, 0) is 15.7 Å². The van der Waals surface area contributed by atoms with E-state index in [4.69, 9.17) is 9.47 Å². The summed E-state index contributed by atoms with van der Waals surface area (Å²) in [5.41, 5.74) is 1.64. The molecule has 28 heavy (non-hydrogen) atoms. The minimum absolute atomic E-state index is 0.0984. The summed E-state index contributed by atoms with van der Waals surface area (Å²) < 4.78 is 48.5. The van der Waals surface area contributed by atoms with Crippen LogP contribution >= 0.6 is 0 Å². The maximum atomic E-state index is 12.8. The number of esters is 1. The van der Waals surface area contributed by atoms with Crippen molar-refractivity contribution in [2.45, 2.75) is 24.6 Å². The Hall–Kier alpha value is -2.54. The van der Waals surface area contributed by atoms with E-state index < -0.39 is 17.7 Å². The maximum Gasteiger partial charge on any atom is 0.416 e. The molecule has 0 N–H and O–H groups in total. The van der Waals surface area contributed by atoms with Gasteiger partial charge < -0.3 is 14.4 Å². The van der Waals surface area contributed by atoms with Crippen LogP contribution in [-0.4, -0.2) is 39.4 Å². The second kappa shape index (κ2) is 8.22. The number of hydrogen-bond donors (Lipinski definition) is 0. The average molecular weight is 393 g/mol. The Labute approximate surface area is 161 Å². The summed E-state index contributed by atoms with van der Waals surface area (Å²) in [6.07, 6.45) is -3.56. The van der Waals surface area contributed by atoms with Gasteiger partial charge in [-0.3, -0.25) is 0 Å². The molecule has 7 heteroatoms. The van der Waals surface area contributed by atoms with Gasteiger partial charge in [-0.1, -0.05) is 12.1 Å². The van der Waals surface area contributed by atoms with Crippen LogP contribution in [0.5, 0.6) is 0 Å². The highest BCUT2D eigenvalue weighted by molar-refractivity contribution is 5.89. The molecule has 0 aliphatic carbocycles. The minimum Gasteiger partial charge on any atom is -0.465 e. The molecule has 0 amide bonds. The van der Waals surface area contributed by atoms with E-state index in [-0.39, 0.29) is 12.0 Å². The van der Waals surface area contributed by atoms with Crippen molar-refractivity contribution in [2.24, 2.45) is 0 Å². The lowest BCUT2D eigenvalue weighted by Gasteiger charge is -2.26. The predicted molar refractivity (Wildman–Crippen MR) is 99.6 cm³/mol. The van der Waals surface area contributed by atoms with Crippen LogP contribution in [0.25, 0.3) is 0 Å². The number of alkyl halides is 3. The molecule has 1 aliphatic rings. The van der Waals surface area contributed by atoms with Crippen molar-refractivity contribution in [3.8, 4) is 0 Å². The van der Waals surface area contributed by atoms with Gasteiger partial charge in [0.2, 0.25) is 0 Å². The monoisotopic (exact) mass is 393 g/mol. The zero-order valence-electron chi connectivity index (χ0n) is 15.7. The molecule has 1 unspecified atom stereocenters. The van der Waals surface area contributed by atoms with Gasteiger partial charge in [0.15, 0.2) is 0 Å². The number of ether oxygens (including phenoxy) is 2. The summed E-state index contributed by atoms with van der Waals surface area (Å²) in [5.74, 6) is -0.299. The number of rotatable bonds is 5. The fraction of sp³-hybridized carbons (Fsp3) is 0.381. The number of benzene rings is 2. The van der Waals surface area contributed by atoms with E-state index >= 15 is 0 Å². The van der Waals surface area contributed by atoms with Gasteiger partial charge >= 0.3 is 12.1 Å². The summed E-state index contributed by atoms with van der Waals surface area (Å²) in [4.78, 5) is 13.8. The van der Waals surface area contributed by atoms with Gasteiger partial charge in [0.05, 0.1) is 30.9 Å². The Balaban J connectivity index is 1.80. The first-order valence-electron chi connectivity index (χ1n) is 8.94. The van der Waals surface area contributed by atoms with Crippen molar-refractivity contribution in [3.63, 3.8) is 0 Å². The molecule has 150 valence electrons. The zero-order valence-corrected chi connectivity index (χ0v) is 15.7. The first-order valence-corrected chi connectivity index (χ1v) is 8.94. The molecule has 1 heterocycles. The van der Waals surface area contributed by atoms with E-state index in [1.807, 2.05) is 12.1 Å². The lowest BCUT2D eigenvalue weighted by Crippen LogP contribution is -2.32. The molecule has 1 fully saturated rings. The van der Waals surface area contributed by atoms with Gasteiger partial charge in [-0.25, -0.2) is 4.79 Å². The molecule has 2 aromatic carbocycles. The fourth-order valence-electron chi connectivity index (χ4n) is 3.68. The maximum absolute atomic E-state index is 12.8.